The van der Waals surface area contributed by atoms with E-state index in [4.69, 9.17) is 24.4 Å². The van der Waals surface area contributed by atoms with Crippen molar-refractivity contribution >= 4 is 60.8 Å². The maximum absolute atomic E-state index is 6.54. The van der Waals surface area contributed by atoms with E-state index in [1.807, 2.05) is 72.8 Å². The second-order valence-corrected chi connectivity index (χ2v) is 15.5. The molecule has 5 aromatic heterocycles. The Kier molecular flexibility index (Phi) is 7.43. The maximum Gasteiger partial charge on any atom is 0.221 e. The first-order chi connectivity index (χ1) is 30.7. The van der Waals surface area contributed by atoms with E-state index in [0.29, 0.717) is 17.5 Å². The zero-order chi connectivity index (χ0) is 40.7. The van der Waals surface area contributed by atoms with Crippen LogP contribution in [0.1, 0.15) is 0 Å². The molecule has 0 unspecified atom stereocenters. The van der Waals surface area contributed by atoms with E-state index in [9.17, 15) is 0 Å². The highest BCUT2D eigenvalue weighted by Crippen LogP contribution is 2.41. The van der Waals surface area contributed by atoms with Crippen LogP contribution in [0.4, 0.5) is 0 Å². The minimum absolute atomic E-state index is 0.584. The van der Waals surface area contributed by atoms with Gasteiger partial charge in [0.1, 0.15) is 16.7 Å². The number of benzene rings is 8. The van der Waals surface area contributed by atoms with Crippen molar-refractivity contribution in [3.8, 4) is 56.7 Å². The van der Waals surface area contributed by atoms with Crippen LogP contribution in [-0.2, 0) is 0 Å². The Hall–Kier alpha value is -8.62. The topological polar surface area (TPSA) is 79.0 Å². The van der Waals surface area contributed by atoms with Crippen LogP contribution < -0.4 is 0 Å². The third-order valence-electron chi connectivity index (χ3n) is 11.9. The number of aromatic nitrogens is 7. The van der Waals surface area contributed by atoms with Crippen LogP contribution in [-0.4, -0.2) is 33.5 Å². The van der Waals surface area contributed by atoms with E-state index in [1.54, 1.807) is 0 Å². The lowest BCUT2D eigenvalue weighted by atomic mass is 10.00. The van der Waals surface area contributed by atoms with Crippen molar-refractivity contribution in [2.24, 2.45) is 0 Å². The van der Waals surface area contributed by atoms with Crippen molar-refractivity contribution in [3.63, 3.8) is 0 Å². The molecule has 290 valence electrons. The molecule has 0 fully saturated rings. The summed E-state index contributed by atoms with van der Waals surface area (Å²) in [6.07, 6.45) is 0. The fourth-order valence-electron chi connectivity index (χ4n) is 9.11. The van der Waals surface area contributed by atoms with Crippen LogP contribution in [0.25, 0.3) is 117 Å². The summed E-state index contributed by atoms with van der Waals surface area (Å²) in [4.78, 5) is 20.6. The summed E-state index contributed by atoms with van der Waals surface area (Å²) < 4.78 is 13.5. The number of nitrogens with zero attached hydrogens (tertiary/aromatic N) is 7. The lowest BCUT2D eigenvalue weighted by Crippen LogP contribution is -2.00. The Bertz CT molecular complexity index is 3790. The number of rotatable bonds is 6. The van der Waals surface area contributed by atoms with Gasteiger partial charge >= 0.3 is 0 Å². The number of para-hydroxylation sites is 3. The smallest absolute Gasteiger partial charge is 0.221 e. The quantitative estimate of drug-likeness (QED) is 0.167. The summed E-state index contributed by atoms with van der Waals surface area (Å²) in [5.41, 5.74) is 13.8. The van der Waals surface area contributed by atoms with Gasteiger partial charge < -0.3 is 4.42 Å². The molecular formula is C54H33N7O. The average Bonchev–Trinajstić information content (AvgIpc) is 4.08. The summed E-state index contributed by atoms with van der Waals surface area (Å²) in [7, 11) is 0. The number of hydrogen-bond donors (Lipinski definition) is 0. The molecule has 0 atom stereocenters. The second-order valence-electron chi connectivity index (χ2n) is 15.5. The standard InChI is InChI=1S/C54H33N7O/c1-5-16-34(17-6-1)50-56-51(35-18-7-2-8-19-35)58-52(57-50)41-25-15-27-47-48(41)42-32-36(29-31-46(42)62-47)37-28-30-44-45(33-37)60(39-22-11-4-12-23-39)54-55-49-40-24-13-14-26-43(40)59(53(49)61(44)54)38-20-9-3-10-21-38/h1-33H. The van der Waals surface area contributed by atoms with Gasteiger partial charge in [-0.05, 0) is 71.8 Å². The zero-order valence-corrected chi connectivity index (χ0v) is 33.1. The molecule has 62 heavy (non-hydrogen) atoms. The van der Waals surface area contributed by atoms with E-state index in [0.717, 1.165) is 100 Å². The Morgan fingerprint density at radius 3 is 1.68 bits per heavy atom. The number of furan rings is 1. The van der Waals surface area contributed by atoms with Crippen molar-refractivity contribution < 1.29 is 4.42 Å². The van der Waals surface area contributed by atoms with E-state index < -0.39 is 0 Å². The first kappa shape index (κ1) is 34.3. The first-order valence-electron chi connectivity index (χ1n) is 20.6. The molecule has 0 radical (unpaired) electrons. The first-order valence-corrected chi connectivity index (χ1v) is 20.6. The largest absolute Gasteiger partial charge is 0.456 e. The molecule has 13 rings (SSSR count). The molecule has 0 amide bonds. The Labute approximate surface area is 354 Å². The summed E-state index contributed by atoms with van der Waals surface area (Å²) in [5, 5.41) is 3.06. The van der Waals surface area contributed by atoms with Crippen LogP contribution in [0.15, 0.2) is 205 Å². The Balaban J connectivity index is 1.03. The summed E-state index contributed by atoms with van der Waals surface area (Å²) >= 11 is 0. The van der Waals surface area contributed by atoms with Gasteiger partial charge in [-0.1, -0.05) is 140 Å². The molecule has 0 N–H and O–H groups in total. The number of hydrogen-bond acceptors (Lipinski definition) is 5. The van der Waals surface area contributed by atoms with Gasteiger partial charge in [-0.2, -0.15) is 0 Å². The van der Waals surface area contributed by atoms with Gasteiger partial charge in [0.25, 0.3) is 0 Å². The van der Waals surface area contributed by atoms with Gasteiger partial charge in [0.05, 0.1) is 16.6 Å². The van der Waals surface area contributed by atoms with Gasteiger partial charge in [0.15, 0.2) is 23.1 Å². The number of fused-ring (bicyclic) bond motifs is 10. The second kappa shape index (κ2) is 13.5. The number of imidazole rings is 2. The summed E-state index contributed by atoms with van der Waals surface area (Å²) in [5.74, 6) is 2.66. The molecule has 0 spiro atoms. The van der Waals surface area contributed by atoms with E-state index in [2.05, 4.69) is 141 Å². The van der Waals surface area contributed by atoms with Gasteiger partial charge in [0.2, 0.25) is 5.78 Å². The third kappa shape index (κ3) is 5.20. The third-order valence-corrected chi connectivity index (χ3v) is 11.9. The lowest BCUT2D eigenvalue weighted by Gasteiger charge is -2.09. The fourth-order valence-corrected chi connectivity index (χ4v) is 9.11. The molecule has 8 nitrogen and oxygen atoms in total. The lowest BCUT2D eigenvalue weighted by molar-refractivity contribution is 0.669. The van der Waals surface area contributed by atoms with Gasteiger partial charge in [0, 0.05) is 44.2 Å². The molecule has 0 saturated carbocycles. The van der Waals surface area contributed by atoms with Crippen LogP contribution in [0.5, 0.6) is 0 Å². The minimum Gasteiger partial charge on any atom is -0.456 e. The van der Waals surface area contributed by atoms with Crippen LogP contribution in [0.3, 0.4) is 0 Å². The average molecular weight is 796 g/mol. The normalized spacial score (nSPS) is 11.9. The molecular weight excluding hydrogens is 763 g/mol. The van der Waals surface area contributed by atoms with Gasteiger partial charge in [-0.3, -0.25) is 13.5 Å². The highest BCUT2D eigenvalue weighted by atomic mass is 16.3. The maximum atomic E-state index is 6.54. The van der Waals surface area contributed by atoms with E-state index >= 15 is 0 Å². The Morgan fingerprint density at radius 1 is 0.371 bits per heavy atom. The van der Waals surface area contributed by atoms with E-state index in [1.165, 1.54) is 0 Å². The van der Waals surface area contributed by atoms with Crippen molar-refractivity contribution in [3.05, 3.63) is 200 Å². The molecule has 0 saturated heterocycles. The van der Waals surface area contributed by atoms with Gasteiger partial charge in [-0.15, -0.1) is 0 Å². The fraction of sp³-hybridized carbons (Fsp3) is 0. The van der Waals surface area contributed by atoms with Crippen LogP contribution in [0, 0.1) is 0 Å². The summed E-state index contributed by atoms with van der Waals surface area (Å²) in [6, 6.07) is 69.0. The predicted octanol–water partition coefficient (Wildman–Crippen LogP) is 13.1. The van der Waals surface area contributed by atoms with Crippen LogP contribution in [0.2, 0.25) is 0 Å². The molecule has 0 aliphatic rings. The van der Waals surface area contributed by atoms with Crippen molar-refractivity contribution in [1.29, 1.82) is 0 Å². The molecule has 0 bridgehead atoms. The predicted molar refractivity (Wildman–Crippen MR) is 249 cm³/mol. The van der Waals surface area contributed by atoms with Gasteiger partial charge in [-0.25, -0.2) is 19.9 Å². The van der Waals surface area contributed by atoms with Crippen LogP contribution >= 0.6 is 0 Å². The molecule has 0 aliphatic carbocycles. The molecule has 8 heteroatoms. The highest BCUT2D eigenvalue weighted by Gasteiger charge is 2.25. The monoisotopic (exact) mass is 795 g/mol. The Morgan fingerprint density at radius 2 is 0.968 bits per heavy atom. The zero-order valence-electron chi connectivity index (χ0n) is 33.1. The van der Waals surface area contributed by atoms with Crippen molar-refractivity contribution in [1.82, 2.24) is 33.5 Å². The van der Waals surface area contributed by atoms with E-state index in [-0.39, 0.29) is 0 Å². The SMILES string of the molecule is c1ccc(-c2nc(-c3ccccc3)nc(-c3cccc4oc5ccc(-c6ccc7c(c6)n(-c6ccccc6)c6nc8c9ccccc9n(-c9ccccc9)c8n76)cc5c34)n2)cc1. The highest BCUT2D eigenvalue weighted by molar-refractivity contribution is 6.13. The summed E-state index contributed by atoms with van der Waals surface area (Å²) in [6.45, 7) is 0. The molecule has 5 heterocycles. The molecule has 0 aliphatic heterocycles. The molecule has 8 aromatic carbocycles. The minimum atomic E-state index is 0.584. The van der Waals surface area contributed by atoms with Crippen molar-refractivity contribution in [2.45, 2.75) is 0 Å². The van der Waals surface area contributed by atoms with Crippen molar-refractivity contribution in [2.75, 3.05) is 0 Å². The molecule has 13 aromatic rings.